The van der Waals surface area contributed by atoms with Crippen LogP contribution in [0.5, 0.6) is 5.75 Å². The van der Waals surface area contributed by atoms with E-state index in [2.05, 4.69) is 9.72 Å². The molecule has 3 rings (SSSR count). The molecule has 130 valence electrons. The molecule has 0 saturated heterocycles. The lowest BCUT2D eigenvalue weighted by molar-refractivity contribution is -0.0521. The number of ether oxygens (including phenoxy) is 2. The summed E-state index contributed by atoms with van der Waals surface area (Å²) in [4.78, 5) is 17.2. The van der Waals surface area contributed by atoms with Gasteiger partial charge in [-0.05, 0) is 35.4 Å². The first-order chi connectivity index (χ1) is 12.0. The minimum absolute atomic E-state index is 0.269. The Hall–Kier alpha value is -3.03. The maximum absolute atomic E-state index is 13.5. The van der Waals surface area contributed by atoms with E-state index in [1.165, 1.54) is 29.5 Å². The van der Waals surface area contributed by atoms with Gasteiger partial charge in [0.15, 0.2) is 11.6 Å². The standard InChI is InChI=1S/C17H13F3N2O3/c18-14-3-2-12(7-15(14)25-16(19)20)13-6-11(8-21-9-13)10-22-4-1-5-24-17(22)23/h1-3,5-9,16H,4,10H2. The third kappa shape index (κ3) is 4.09. The average molecular weight is 350 g/mol. The van der Waals surface area contributed by atoms with Crippen LogP contribution in [-0.4, -0.2) is 29.1 Å². The number of pyridine rings is 1. The number of carbonyl (C=O) groups excluding carboxylic acids is 1. The molecule has 0 bridgehead atoms. The van der Waals surface area contributed by atoms with Crippen molar-refractivity contribution in [3.05, 3.63) is 60.4 Å². The fraction of sp³-hybridized carbons (Fsp3) is 0.176. The number of alkyl halides is 2. The van der Waals surface area contributed by atoms with Crippen molar-refractivity contribution in [2.24, 2.45) is 0 Å². The van der Waals surface area contributed by atoms with E-state index in [0.29, 0.717) is 23.2 Å². The van der Waals surface area contributed by atoms with Gasteiger partial charge in [0, 0.05) is 24.5 Å². The molecular weight excluding hydrogens is 337 g/mol. The second-order valence-electron chi connectivity index (χ2n) is 5.24. The Balaban J connectivity index is 1.84. The molecule has 0 aliphatic carbocycles. The van der Waals surface area contributed by atoms with Crippen LogP contribution in [0.3, 0.4) is 0 Å². The molecule has 0 radical (unpaired) electrons. The van der Waals surface area contributed by atoms with Gasteiger partial charge < -0.3 is 9.47 Å². The molecule has 0 saturated carbocycles. The summed E-state index contributed by atoms with van der Waals surface area (Å²) in [5.41, 5.74) is 1.76. The van der Waals surface area contributed by atoms with Crippen LogP contribution in [0.2, 0.25) is 0 Å². The fourth-order valence-electron chi connectivity index (χ4n) is 2.38. The van der Waals surface area contributed by atoms with Crippen molar-refractivity contribution >= 4 is 6.09 Å². The highest BCUT2D eigenvalue weighted by atomic mass is 19.3. The van der Waals surface area contributed by atoms with Gasteiger partial charge in [-0.1, -0.05) is 6.07 Å². The highest BCUT2D eigenvalue weighted by Crippen LogP contribution is 2.28. The van der Waals surface area contributed by atoms with Crippen LogP contribution in [0.25, 0.3) is 11.1 Å². The third-order valence-electron chi connectivity index (χ3n) is 3.50. The molecule has 2 heterocycles. The number of aromatic nitrogens is 1. The van der Waals surface area contributed by atoms with Gasteiger partial charge >= 0.3 is 12.7 Å². The van der Waals surface area contributed by atoms with Crippen LogP contribution in [0.15, 0.2) is 49.0 Å². The van der Waals surface area contributed by atoms with Crippen molar-refractivity contribution in [1.29, 1.82) is 0 Å². The van der Waals surface area contributed by atoms with Crippen molar-refractivity contribution in [1.82, 2.24) is 9.88 Å². The highest BCUT2D eigenvalue weighted by molar-refractivity contribution is 5.70. The van der Waals surface area contributed by atoms with Gasteiger partial charge in [0.25, 0.3) is 0 Å². The van der Waals surface area contributed by atoms with E-state index in [1.807, 2.05) is 0 Å². The lowest BCUT2D eigenvalue weighted by Crippen LogP contribution is -2.32. The van der Waals surface area contributed by atoms with Crippen LogP contribution in [-0.2, 0) is 11.3 Å². The van der Waals surface area contributed by atoms with Crippen LogP contribution >= 0.6 is 0 Å². The van der Waals surface area contributed by atoms with Crippen LogP contribution in [0.4, 0.5) is 18.0 Å². The van der Waals surface area contributed by atoms with Crippen LogP contribution < -0.4 is 4.74 Å². The summed E-state index contributed by atoms with van der Waals surface area (Å²) in [6.45, 7) is -2.44. The Morgan fingerprint density at radius 1 is 1.24 bits per heavy atom. The summed E-state index contributed by atoms with van der Waals surface area (Å²) >= 11 is 0. The summed E-state index contributed by atoms with van der Waals surface area (Å²) in [6, 6.07) is 5.40. The maximum Gasteiger partial charge on any atom is 0.415 e. The predicted octanol–water partition coefficient (Wildman–Crippen LogP) is 3.96. The van der Waals surface area contributed by atoms with E-state index in [9.17, 15) is 18.0 Å². The van der Waals surface area contributed by atoms with E-state index >= 15 is 0 Å². The first-order valence-electron chi connectivity index (χ1n) is 7.32. The molecule has 2 aromatic rings. The number of cyclic esters (lactones) is 1. The second-order valence-corrected chi connectivity index (χ2v) is 5.24. The van der Waals surface area contributed by atoms with E-state index in [4.69, 9.17) is 4.74 Å². The van der Waals surface area contributed by atoms with Gasteiger partial charge in [-0.2, -0.15) is 8.78 Å². The summed E-state index contributed by atoms with van der Waals surface area (Å²) in [5.74, 6) is -1.42. The van der Waals surface area contributed by atoms with Crippen molar-refractivity contribution < 1.29 is 27.4 Å². The quantitative estimate of drug-likeness (QED) is 0.819. The summed E-state index contributed by atoms with van der Waals surface area (Å²) in [6.07, 6.45) is 5.65. The zero-order valence-corrected chi connectivity index (χ0v) is 12.9. The molecule has 0 N–H and O–H groups in total. The van der Waals surface area contributed by atoms with Gasteiger partial charge in [0.2, 0.25) is 0 Å². The molecule has 0 fully saturated rings. The lowest BCUT2D eigenvalue weighted by Gasteiger charge is -2.22. The smallest absolute Gasteiger partial charge is 0.415 e. The van der Waals surface area contributed by atoms with Gasteiger partial charge in [0.1, 0.15) is 0 Å². The van der Waals surface area contributed by atoms with Crippen molar-refractivity contribution in [3.63, 3.8) is 0 Å². The van der Waals surface area contributed by atoms with E-state index in [1.54, 1.807) is 18.3 Å². The molecule has 1 aliphatic heterocycles. The SMILES string of the molecule is O=C1OC=CCN1Cc1cncc(-c2ccc(F)c(OC(F)F)c2)c1. The van der Waals surface area contributed by atoms with Gasteiger partial charge in [0.05, 0.1) is 12.8 Å². The second kappa shape index (κ2) is 7.25. The molecule has 8 heteroatoms. The van der Waals surface area contributed by atoms with Crippen molar-refractivity contribution in [2.45, 2.75) is 13.2 Å². The Bertz CT molecular complexity index is 811. The van der Waals surface area contributed by atoms with Crippen LogP contribution in [0, 0.1) is 5.82 Å². The molecular formula is C17H13F3N2O3. The van der Waals surface area contributed by atoms with Gasteiger partial charge in [-0.3, -0.25) is 9.88 Å². The normalized spacial score (nSPS) is 13.9. The first kappa shape index (κ1) is 16.8. The molecule has 1 aliphatic rings. The zero-order valence-electron chi connectivity index (χ0n) is 12.9. The molecule has 5 nitrogen and oxygen atoms in total. The Labute approximate surface area is 141 Å². The summed E-state index contributed by atoms with van der Waals surface area (Å²) < 4.78 is 47.2. The molecule has 0 unspecified atom stereocenters. The average Bonchev–Trinajstić information content (AvgIpc) is 2.59. The number of rotatable bonds is 5. The number of amides is 1. The molecule has 0 spiro atoms. The number of carbonyl (C=O) groups is 1. The van der Waals surface area contributed by atoms with Gasteiger partial charge in [-0.15, -0.1) is 0 Å². The van der Waals surface area contributed by atoms with Gasteiger partial charge in [-0.25, -0.2) is 9.18 Å². The number of hydrogen-bond donors (Lipinski definition) is 0. The third-order valence-corrected chi connectivity index (χ3v) is 3.50. The molecule has 0 atom stereocenters. The molecule has 1 aromatic carbocycles. The Morgan fingerprint density at radius 3 is 2.84 bits per heavy atom. The minimum atomic E-state index is -3.12. The van der Waals surface area contributed by atoms with E-state index in [-0.39, 0.29) is 6.54 Å². The predicted molar refractivity (Wildman–Crippen MR) is 82.3 cm³/mol. The van der Waals surface area contributed by atoms with Crippen molar-refractivity contribution in [3.8, 4) is 16.9 Å². The highest BCUT2D eigenvalue weighted by Gasteiger charge is 2.17. The number of hydrogen-bond acceptors (Lipinski definition) is 4. The van der Waals surface area contributed by atoms with E-state index in [0.717, 1.165) is 6.07 Å². The van der Waals surface area contributed by atoms with E-state index < -0.39 is 24.3 Å². The first-order valence-corrected chi connectivity index (χ1v) is 7.32. The number of benzene rings is 1. The molecule has 1 amide bonds. The molecule has 25 heavy (non-hydrogen) atoms. The Kier molecular flexibility index (Phi) is 4.87. The fourth-order valence-corrected chi connectivity index (χ4v) is 2.38. The molecule has 1 aromatic heterocycles. The van der Waals surface area contributed by atoms with Crippen molar-refractivity contribution in [2.75, 3.05) is 6.54 Å². The zero-order chi connectivity index (χ0) is 17.8. The Morgan fingerprint density at radius 2 is 2.08 bits per heavy atom. The summed E-state index contributed by atoms with van der Waals surface area (Å²) in [7, 11) is 0. The largest absolute Gasteiger partial charge is 0.432 e. The monoisotopic (exact) mass is 350 g/mol. The number of nitrogens with zero attached hydrogens (tertiary/aromatic N) is 2. The summed E-state index contributed by atoms with van der Waals surface area (Å²) in [5, 5.41) is 0. The van der Waals surface area contributed by atoms with Crippen LogP contribution in [0.1, 0.15) is 5.56 Å². The lowest BCUT2D eigenvalue weighted by atomic mass is 10.1. The minimum Gasteiger partial charge on any atom is -0.432 e. The maximum atomic E-state index is 13.5. The number of halogens is 3. The topological polar surface area (TPSA) is 51.7 Å².